The molecule has 0 saturated heterocycles. The predicted molar refractivity (Wildman–Crippen MR) is 56.8 cm³/mol. The maximum absolute atomic E-state index is 11.7. The fourth-order valence-electron chi connectivity index (χ4n) is 1.52. The molecule has 0 unspecified atom stereocenters. The van der Waals surface area contributed by atoms with Gasteiger partial charge in [0.25, 0.3) is 5.91 Å². The van der Waals surface area contributed by atoms with Gasteiger partial charge in [-0.05, 0) is 25.0 Å². The Morgan fingerprint density at radius 1 is 1.24 bits per heavy atom. The molecule has 1 aromatic carbocycles. The molecule has 1 fully saturated rings. The number of benzene rings is 1. The fourth-order valence-corrected chi connectivity index (χ4v) is 1.52. The summed E-state index contributed by atoms with van der Waals surface area (Å²) in [6.07, 6.45) is 0.737. The summed E-state index contributed by atoms with van der Waals surface area (Å²) >= 11 is 0. The van der Waals surface area contributed by atoms with Gasteiger partial charge in [-0.15, -0.1) is 0 Å². The van der Waals surface area contributed by atoms with Crippen LogP contribution in [-0.4, -0.2) is 32.7 Å². The number of carbonyl (C=O) groups is 2. The van der Waals surface area contributed by atoms with E-state index >= 15 is 0 Å². The van der Waals surface area contributed by atoms with E-state index in [1.165, 1.54) is 18.2 Å². The van der Waals surface area contributed by atoms with Gasteiger partial charge in [-0.1, -0.05) is 6.07 Å². The topological polar surface area (TPSA) is 107 Å². The number of nitrogens with one attached hydrogen (secondary N) is 1. The SMILES string of the molecule is O=C(NC1(C(=O)O)CC1)c1cccc(O)c1O. The van der Waals surface area contributed by atoms with E-state index in [2.05, 4.69) is 5.32 Å². The van der Waals surface area contributed by atoms with Gasteiger partial charge < -0.3 is 20.6 Å². The molecule has 0 aliphatic heterocycles. The van der Waals surface area contributed by atoms with Crippen LogP contribution < -0.4 is 5.32 Å². The summed E-state index contributed by atoms with van der Waals surface area (Å²) in [6, 6.07) is 3.93. The van der Waals surface area contributed by atoms with Crippen molar-refractivity contribution in [2.45, 2.75) is 18.4 Å². The summed E-state index contributed by atoms with van der Waals surface area (Å²) in [5.41, 5.74) is -1.35. The number of rotatable bonds is 3. The summed E-state index contributed by atoms with van der Waals surface area (Å²) in [6.45, 7) is 0. The van der Waals surface area contributed by atoms with E-state index in [1.807, 2.05) is 0 Å². The van der Waals surface area contributed by atoms with Gasteiger partial charge in [-0.3, -0.25) is 4.79 Å². The van der Waals surface area contributed by atoms with Crippen molar-refractivity contribution in [3.8, 4) is 11.5 Å². The Morgan fingerprint density at radius 2 is 1.88 bits per heavy atom. The van der Waals surface area contributed by atoms with Crippen molar-refractivity contribution in [1.29, 1.82) is 0 Å². The van der Waals surface area contributed by atoms with Gasteiger partial charge in [-0.25, -0.2) is 4.79 Å². The molecule has 1 saturated carbocycles. The lowest BCUT2D eigenvalue weighted by Gasteiger charge is -2.13. The van der Waals surface area contributed by atoms with E-state index in [1.54, 1.807) is 0 Å². The molecule has 1 aliphatic rings. The van der Waals surface area contributed by atoms with Crippen LogP contribution in [0.25, 0.3) is 0 Å². The number of hydrogen-bond donors (Lipinski definition) is 4. The number of aliphatic carboxylic acids is 1. The average molecular weight is 237 g/mol. The Balaban J connectivity index is 2.21. The van der Waals surface area contributed by atoms with E-state index < -0.39 is 28.9 Å². The zero-order chi connectivity index (χ0) is 12.6. The number of para-hydroxylation sites is 1. The van der Waals surface area contributed by atoms with Gasteiger partial charge in [0.05, 0.1) is 5.56 Å². The average Bonchev–Trinajstić information content (AvgIpc) is 3.03. The summed E-state index contributed by atoms with van der Waals surface area (Å²) in [4.78, 5) is 22.6. The number of aromatic hydroxyl groups is 2. The van der Waals surface area contributed by atoms with Crippen molar-refractivity contribution in [1.82, 2.24) is 5.32 Å². The smallest absolute Gasteiger partial charge is 0.329 e. The Morgan fingerprint density at radius 3 is 2.41 bits per heavy atom. The second-order valence-electron chi connectivity index (χ2n) is 4.01. The lowest BCUT2D eigenvalue weighted by Crippen LogP contribution is -2.43. The number of carboxylic acids is 1. The van der Waals surface area contributed by atoms with Crippen molar-refractivity contribution in [3.63, 3.8) is 0 Å². The molecule has 90 valence electrons. The highest BCUT2D eigenvalue weighted by Crippen LogP contribution is 2.36. The van der Waals surface area contributed by atoms with Crippen molar-refractivity contribution in [2.24, 2.45) is 0 Å². The van der Waals surface area contributed by atoms with Crippen molar-refractivity contribution in [2.75, 3.05) is 0 Å². The van der Waals surface area contributed by atoms with Crippen LogP contribution in [0.4, 0.5) is 0 Å². The summed E-state index contributed by atoms with van der Waals surface area (Å²) < 4.78 is 0. The van der Waals surface area contributed by atoms with Crippen molar-refractivity contribution < 1.29 is 24.9 Å². The summed E-state index contributed by atoms with van der Waals surface area (Å²) in [7, 11) is 0. The van der Waals surface area contributed by atoms with Crippen LogP contribution in [0.2, 0.25) is 0 Å². The molecule has 17 heavy (non-hydrogen) atoms. The highest BCUT2D eigenvalue weighted by Gasteiger charge is 2.51. The molecule has 0 bridgehead atoms. The first-order valence-electron chi connectivity index (χ1n) is 5.03. The van der Waals surface area contributed by atoms with Gasteiger partial charge in [0.15, 0.2) is 11.5 Å². The Kier molecular flexibility index (Phi) is 2.42. The molecule has 6 heteroatoms. The maximum atomic E-state index is 11.7. The number of phenolic OH excluding ortho intramolecular Hbond substituents is 2. The highest BCUT2D eigenvalue weighted by atomic mass is 16.4. The molecule has 1 aliphatic carbocycles. The minimum Gasteiger partial charge on any atom is -0.504 e. The molecule has 6 nitrogen and oxygen atoms in total. The van der Waals surface area contributed by atoms with Crippen LogP contribution in [0.3, 0.4) is 0 Å². The molecule has 1 amide bonds. The number of carbonyl (C=O) groups excluding carboxylic acids is 1. The minimum atomic E-state index is -1.21. The molecular weight excluding hydrogens is 226 g/mol. The normalized spacial score (nSPS) is 16.2. The van der Waals surface area contributed by atoms with E-state index in [0.29, 0.717) is 12.8 Å². The Bertz CT molecular complexity index is 493. The summed E-state index contributed by atoms with van der Waals surface area (Å²) in [5, 5.41) is 29.9. The van der Waals surface area contributed by atoms with Gasteiger partial charge in [-0.2, -0.15) is 0 Å². The number of phenols is 2. The molecule has 0 atom stereocenters. The largest absolute Gasteiger partial charge is 0.504 e. The van der Waals surface area contributed by atoms with E-state index in [-0.39, 0.29) is 5.56 Å². The monoisotopic (exact) mass is 237 g/mol. The highest BCUT2D eigenvalue weighted by molar-refractivity contribution is 6.01. The Labute approximate surface area is 96.5 Å². The van der Waals surface area contributed by atoms with Crippen molar-refractivity contribution >= 4 is 11.9 Å². The molecule has 0 spiro atoms. The molecule has 0 heterocycles. The third kappa shape index (κ3) is 1.89. The van der Waals surface area contributed by atoms with E-state index in [0.717, 1.165) is 0 Å². The minimum absolute atomic E-state index is 0.141. The second-order valence-corrected chi connectivity index (χ2v) is 4.01. The predicted octanol–water partition coefficient (Wildman–Crippen LogP) is 0.445. The van der Waals surface area contributed by atoms with Crippen LogP contribution >= 0.6 is 0 Å². The second kappa shape index (κ2) is 3.65. The fraction of sp³-hybridized carbons (Fsp3) is 0.273. The third-order valence-corrected chi connectivity index (χ3v) is 2.77. The Hall–Kier alpha value is -2.24. The molecule has 2 rings (SSSR count). The molecule has 1 aromatic rings. The van der Waals surface area contributed by atoms with E-state index in [9.17, 15) is 19.8 Å². The zero-order valence-corrected chi connectivity index (χ0v) is 8.80. The quantitative estimate of drug-likeness (QED) is 0.571. The van der Waals surface area contributed by atoms with E-state index in [4.69, 9.17) is 5.11 Å². The molecular formula is C11H11NO5. The first-order valence-corrected chi connectivity index (χ1v) is 5.03. The lowest BCUT2D eigenvalue weighted by molar-refractivity contribution is -0.140. The van der Waals surface area contributed by atoms with Crippen LogP contribution in [0, 0.1) is 0 Å². The standard InChI is InChI=1S/C11H11NO5/c13-7-3-1-2-6(8(7)14)9(15)12-11(4-5-11)10(16)17/h1-3,13-14H,4-5H2,(H,12,15)(H,16,17). The van der Waals surface area contributed by atoms with Gasteiger partial charge in [0.1, 0.15) is 5.54 Å². The van der Waals surface area contributed by atoms with Crippen LogP contribution in [0.15, 0.2) is 18.2 Å². The van der Waals surface area contributed by atoms with Crippen LogP contribution in [-0.2, 0) is 4.79 Å². The first kappa shape index (κ1) is 11.3. The van der Waals surface area contributed by atoms with Gasteiger partial charge in [0.2, 0.25) is 0 Å². The zero-order valence-electron chi connectivity index (χ0n) is 8.80. The molecule has 4 N–H and O–H groups in total. The number of amides is 1. The molecule has 0 aromatic heterocycles. The number of hydrogen-bond acceptors (Lipinski definition) is 4. The van der Waals surface area contributed by atoms with Crippen LogP contribution in [0.5, 0.6) is 11.5 Å². The lowest BCUT2D eigenvalue weighted by atomic mass is 10.1. The van der Waals surface area contributed by atoms with Crippen molar-refractivity contribution in [3.05, 3.63) is 23.8 Å². The summed E-state index contributed by atoms with van der Waals surface area (Å²) in [5.74, 6) is -2.77. The van der Waals surface area contributed by atoms with Gasteiger partial charge >= 0.3 is 5.97 Å². The third-order valence-electron chi connectivity index (χ3n) is 2.77. The van der Waals surface area contributed by atoms with Gasteiger partial charge in [0, 0.05) is 0 Å². The molecule has 0 radical (unpaired) electrons. The number of carboxylic acid groups (broad SMARTS) is 1. The van der Waals surface area contributed by atoms with Crippen LogP contribution in [0.1, 0.15) is 23.2 Å². The maximum Gasteiger partial charge on any atom is 0.329 e. The first-order chi connectivity index (χ1) is 7.96.